The van der Waals surface area contributed by atoms with Crippen molar-refractivity contribution in [3.05, 3.63) is 0 Å². The van der Waals surface area contributed by atoms with Crippen LogP contribution in [0.4, 0.5) is 0 Å². The molecule has 1 amide bonds. The second kappa shape index (κ2) is 3.21. The Morgan fingerprint density at radius 2 is 2.36 bits per heavy atom. The number of aliphatic hydroxyl groups excluding tert-OH is 1. The van der Waals surface area contributed by atoms with Crippen LogP contribution in [-0.2, 0) is 14.3 Å². The van der Waals surface area contributed by atoms with Crippen LogP contribution in [0.2, 0.25) is 0 Å². The van der Waals surface area contributed by atoms with Crippen LogP contribution in [0, 0.1) is 0 Å². The van der Waals surface area contributed by atoms with Crippen LogP contribution >= 0.6 is 0 Å². The molecule has 3 atom stereocenters. The molecular formula is C8H11NO5. The van der Waals surface area contributed by atoms with Gasteiger partial charge in [0.2, 0.25) is 5.91 Å². The number of carboxylic acid groups (broad SMARTS) is 1. The third kappa shape index (κ3) is 1.18. The lowest BCUT2D eigenvalue weighted by Gasteiger charge is -2.34. The number of ether oxygens (including phenoxy) is 1. The van der Waals surface area contributed by atoms with E-state index < -0.39 is 18.1 Å². The first-order chi connectivity index (χ1) is 6.65. The molecule has 2 aliphatic heterocycles. The molecule has 0 bridgehead atoms. The van der Waals surface area contributed by atoms with Crippen molar-refractivity contribution < 1.29 is 24.5 Å². The molecule has 0 aromatic heterocycles. The van der Waals surface area contributed by atoms with Gasteiger partial charge in [-0.2, -0.15) is 0 Å². The Bertz CT molecular complexity index is 279. The molecule has 2 aliphatic rings. The molecule has 0 saturated carbocycles. The average Bonchev–Trinajstić information content (AvgIpc) is 2.39. The van der Waals surface area contributed by atoms with Crippen LogP contribution < -0.4 is 0 Å². The van der Waals surface area contributed by atoms with E-state index in [-0.39, 0.29) is 31.6 Å². The molecule has 78 valence electrons. The van der Waals surface area contributed by atoms with Gasteiger partial charge in [-0.15, -0.1) is 0 Å². The number of carboxylic acids is 1. The van der Waals surface area contributed by atoms with Gasteiger partial charge < -0.3 is 14.9 Å². The summed E-state index contributed by atoms with van der Waals surface area (Å²) in [7, 11) is 0. The quantitative estimate of drug-likeness (QED) is 0.559. The van der Waals surface area contributed by atoms with E-state index in [1.165, 1.54) is 4.90 Å². The van der Waals surface area contributed by atoms with E-state index in [1.54, 1.807) is 0 Å². The van der Waals surface area contributed by atoms with E-state index in [1.807, 2.05) is 0 Å². The van der Waals surface area contributed by atoms with Crippen molar-refractivity contribution in [3.63, 3.8) is 0 Å². The molecule has 0 radical (unpaired) electrons. The Morgan fingerprint density at radius 1 is 1.64 bits per heavy atom. The molecular weight excluding hydrogens is 190 g/mol. The summed E-state index contributed by atoms with van der Waals surface area (Å²) in [5, 5.41) is 17.6. The zero-order valence-corrected chi connectivity index (χ0v) is 7.42. The van der Waals surface area contributed by atoms with E-state index >= 15 is 0 Å². The molecule has 2 heterocycles. The number of fused-ring (bicyclic) bond motifs is 1. The maximum Gasteiger partial charge on any atom is 0.329 e. The summed E-state index contributed by atoms with van der Waals surface area (Å²) in [6.45, 7) is -0.136. The first kappa shape index (κ1) is 9.42. The molecule has 0 aromatic carbocycles. The van der Waals surface area contributed by atoms with Gasteiger partial charge in [0.1, 0.15) is 6.23 Å². The van der Waals surface area contributed by atoms with Crippen molar-refractivity contribution in [1.82, 2.24) is 4.90 Å². The topological polar surface area (TPSA) is 87.1 Å². The number of hydrogen-bond acceptors (Lipinski definition) is 4. The highest BCUT2D eigenvalue weighted by Gasteiger charge is 2.54. The summed E-state index contributed by atoms with van der Waals surface area (Å²) in [5.41, 5.74) is 0. The molecule has 6 nitrogen and oxygen atoms in total. The third-order valence-electron chi connectivity index (χ3n) is 2.60. The summed E-state index contributed by atoms with van der Waals surface area (Å²) in [4.78, 5) is 23.2. The maximum atomic E-state index is 11.1. The van der Waals surface area contributed by atoms with Gasteiger partial charge >= 0.3 is 5.97 Å². The van der Waals surface area contributed by atoms with Gasteiger partial charge in [-0.05, 0) is 6.42 Å². The number of amides is 1. The maximum absolute atomic E-state index is 11.1. The first-order valence-electron chi connectivity index (χ1n) is 4.45. The van der Waals surface area contributed by atoms with Crippen LogP contribution in [-0.4, -0.2) is 52.0 Å². The molecule has 2 saturated heterocycles. The van der Waals surface area contributed by atoms with Gasteiger partial charge in [-0.25, -0.2) is 4.79 Å². The van der Waals surface area contributed by atoms with Crippen molar-refractivity contribution in [3.8, 4) is 0 Å². The fourth-order valence-electron chi connectivity index (χ4n) is 1.94. The van der Waals surface area contributed by atoms with Crippen LogP contribution in [0.3, 0.4) is 0 Å². The number of carbonyl (C=O) groups excluding carboxylic acids is 1. The highest BCUT2D eigenvalue weighted by atomic mass is 16.5. The Hall–Kier alpha value is -1.14. The molecule has 6 heteroatoms. The summed E-state index contributed by atoms with van der Waals surface area (Å²) in [6, 6.07) is -0.923. The normalized spacial score (nSPS) is 35.4. The standard InChI is InChI=1S/C8H11NO5/c10-2-1-4-7(8(12)13)9-5(11)3-6(9)14-4/h4,6-7,10H,1-3H2,(H,12,13)/t4?,6-,7-/m1/s1. The lowest BCUT2D eigenvalue weighted by Crippen LogP contribution is -2.55. The summed E-state index contributed by atoms with van der Waals surface area (Å²) in [6.07, 6.45) is -0.461. The number of β-lactam (4-membered cyclic amide) rings is 1. The van der Waals surface area contributed by atoms with Gasteiger partial charge in [-0.3, -0.25) is 9.69 Å². The molecule has 2 fully saturated rings. The number of aliphatic hydroxyl groups is 1. The zero-order valence-electron chi connectivity index (χ0n) is 7.42. The number of hydrogen-bond donors (Lipinski definition) is 2. The number of carbonyl (C=O) groups is 2. The molecule has 0 aliphatic carbocycles. The lowest BCUT2D eigenvalue weighted by molar-refractivity contribution is -0.163. The number of nitrogens with zero attached hydrogens (tertiary/aromatic N) is 1. The van der Waals surface area contributed by atoms with Crippen molar-refractivity contribution in [2.24, 2.45) is 0 Å². The fraction of sp³-hybridized carbons (Fsp3) is 0.750. The Morgan fingerprint density at radius 3 is 2.86 bits per heavy atom. The van der Waals surface area contributed by atoms with E-state index in [4.69, 9.17) is 14.9 Å². The Balaban J connectivity index is 2.13. The highest BCUT2D eigenvalue weighted by Crippen LogP contribution is 2.35. The van der Waals surface area contributed by atoms with Gasteiger partial charge in [0.25, 0.3) is 0 Å². The van der Waals surface area contributed by atoms with Gasteiger partial charge in [0.05, 0.1) is 12.5 Å². The zero-order chi connectivity index (χ0) is 10.3. The second-order valence-electron chi connectivity index (χ2n) is 3.43. The summed E-state index contributed by atoms with van der Waals surface area (Å²) in [5.74, 6) is -1.26. The van der Waals surface area contributed by atoms with Crippen LogP contribution in [0.15, 0.2) is 0 Å². The van der Waals surface area contributed by atoms with Crippen molar-refractivity contribution >= 4 is 11.9 Å². The number of aliphatic carboxylic acids is 1. The molecule has 0 aromatic rings. The lowest BCUT2D eigenvalue weighted by atomic mass is 10.0. The van der Waals surface area contributed by atoms with E-state index in [2.05, 4.69) is 0 Å². The van der Waals surface area contributed by atoms with E-state index in [0.29, 0.717) is 0 Å². The van der Waals surface area contributed by atoms with Crippen molar-refractivity contribution in [2.75, 3.05) is 6.61 Å². The molecule has 14 heavy (non-hydrogen) atoms. The molecule has 2 rings (SSSR count). The summed E-state index contributed by atoms with van der Waals surface area (Å²) < 4.78 is 5.31. The third-order valence-corrected chi connectivity index (χ3v) is 2.60. The minimum atomic E-state index is -1.07. The predicted molar refractivity (Wildman–Crippen MR) is 43.3 cm³/mol. The predicted octanol–water partition coefficient (Wildman–Crippen LogP) is -1.22. The Labute approximate surface area is 80.1 Å². The van der Waals surface area contributed by atoms with E-state index in [0.717, 1.165) is 0 Å². The SMILES string of the molecule is O=C(O)[C@H]1C(CCO)O[C@@H]2CC(=O)N21. The molecule has 0 spiro atoms. The second-order valence-corrected chi connectivity index (χ2v) is 3.43. The van der Waals surface area contributed by atoms with Gasteiger partial charge in [-0.1, -0.05) is 0 Å². The minimum absolute atomic E-state index is 0.136. The minimum Gasteiger partial charge on any atom is -0.480 e. The highest BCUT2D eigenvalue weighted by molar-refractivity contribution is 5.89. The Kier molecular flexibility index (Phi) is 2.16. The van der Waals surface area contributed by atoms with Crippen molar-refractivity contribution in [1.29, 1.82) is 0 Å². The van der Waals surface area contributed by atoms with Crippen molar-refractivity contribution in [2.45, 2.75) is 31.2 Å². The smallest absolute Gasteiger partial charge is 0.329 e. The fourth-order valence-corrected chi connectivity index (χ4v) is 1.94. The van der Waals surface area contributed by atoms with Crippen LogP contribution in [0.1, 0.15) is 12.8 Å². The largest absolute Gasteiger partial charge is 0.480 e. The summed E-state index contributed by atoms with van der Waals surface area (Å²) >= 11 is 0. The van der Waals surface area contributed by atoms with Crippen LogP contribution in [0.25, 0.3) is 0 Å². The molecule has 2 N–H and O–H groups in total. The monoisotopic (exact) mass is 201 g/mol. The van der Waals surface area contributed by atoms with Crippen LogP contribution in [0.5, 0.6) is 0 Å². The molecule has 1 unspecified atom stereocenters. The first-order valence-corrected chi connectivity index (χ1v) is 4.45. The van der Waals surface area contributed by atoms with Gasteiger partial charge in [0.15, 0.2) is 6.04 Å². The van der Waals surface area contributed by atoms with E-state index in [9.17, 15) is 9.59 Å². The average molecular weight is 201 g/mol. The number of rotatable bonds is 3. The van der Waals surface area contributed by atoms with Gasteiger partial charge in [0, 0.05) is 6.61 Å².